The van der Waals surface area contributed by atoms with Gasteiger partial charge in [0.15, 0.2) is 0 Å². The van der Waals surface area contributed by atoms with Crippen LogP contribution in [0.25, 0.3) is 0 Å². The first kappa shape index (κ1) is 17.3. The predicted octanol–water partition coefficient (Wildman–Crippen LogP) is 3.53. The van der Waals surface area contributed by atoms with Gasteiger partial charge >= 0.3 is 0 Å². The fourth-order valence-electron chi connectivity index (χ4n) is 1.87. The molecule has 0 aliphatic rings. The molecular formula is C15H30N2O. The maximum absolute atomic E-state index is 12.0. The zero-order valence-electron chi connectivity index (χ0n) is 13.2. The fraction of sp³-hybridized carbons (Fsp3) is 0.867. The van der Waals surface area contributed by atoms with E-state index in [2.05, 4.69) is 25.7 Å². The highest BCUT2D eigenvalue weighted by Crippen LogP contribution is 2.17. The second-order valence-corrected chi connectivity index (χ2v) is 5.82. The van der Waals surface area contributed by atoms with Gasteiger partial charge in [-0.15, -0.1) is 0 Å². The van der Waals surface area contributed by atoms with Gasteiger partial charge in [0.2, 0.25) is 0 Å². The monoisotopic (exact) mass is 254 g/mol. The molecule has 18 heavy (non-hydrogen) atoms. The van der Waals surface area contributed by atoms with Crippen LogP contribution in [0.1, 0.15) is 61.3 Å². The summed E-state index contributed by atoms with van der Waals surface area (Å²) in [6.07, 6.45) is 1.68. The van der Waals surface area contributed by atoms with Gasteiger partial charge in [-0.2, -0.15) is 0 Å². The molecule has 0 aliphatic heterocycles. The first-order valence-electron chi connectivity index (χ1n) is 7.06. The number of carbonyl (C=O) groups excluding carboxylic acids is 1. The van der Waals surface area contributed by atoms with E-state index in [1.54, 1.807) is 0 Å². The first-order valence-corrected chi connectivity index (χ1v) is 7.06. The summed E-state index contributed by atoms with van der Waals surface area (Å²) in [5.74, 6) is 0.262. The summed E-state index contributed by atoms with van der Waals surface area (Å²) in [5, 5.41) is 0. The predicted molar refractivity (Wildman–Crippen MR) is 79.2 cm³/mol. The van der Waals surface area contributed by atoms with Crippen LogP contribution in [0.5, 0.6) is 0 Å². The van der Waals surface area contributed by atoms with Crippen molar-refractivity contribution in [3.05, 3.63) is 0 Å². The normalized spacial score (nSPS) is 15.0. The topological polar surface area (TPSA) is 32.7 Å². The number of nitrogens with zero attached hydrogens (tertiary/aromatic N) is 2. The van der Waals surface area contributed by atoms with Crippen molar-refractivity contribution in [1.29, 1.82) is 0 Å². The molecule has 0 aromatic carbocycles. The third-order valence-corrected chi connectivity index (χ3v) is 3.22. The number of rotatable bonds is 7. The van der Waals surface area contributed by atoms with Gasteiger partial charge < -0.3 is 0 Å². The lowest BCUT2D eigenvalue weighted by molar-refractivity contribution is -0.125. The van der Waals surface area contributed by atoms with Crippen LogP contribution in [0.15, 0.2) is 4.99 Å². The van der Waals surface area contributed by atoms with Gasteiger partial charge in [-0.25, -0.2) is 0 Å². The molecule has 3 nitrogen and oxygen atoms in total. The molecule has 0 heterocycles. The van der Waals surface area contributed by atoms with Gasteiger partial charge in [0.05, 0.1) is 0 Å². The molecule has 1 atom stereocenters. The molecule has 0 bridgehead atoms. The number of ketones is 1. The minimum Gasteiger partial charge on any atom is -0.299 e. The van der Waals surface area contributed by atoms with E-state index in [0.717, 1.165) is 25.2 Å². The summed E-state index contributed by atoms with van der Waals surface area (Å²) in [6, 6.07) is 0. The molecule has 0 amide bonds. The Hall–Kier alpha value is -0.700. The lowest BCUT2D eigenvalue weighted by atomic mass is 9.88. The van der Waals surface area contributed by atoms with Crippen LogP contribution in [-0.4, -0.2) is 35.7 Å². The van der Waals surface area contributed by atoms with E-state index in [1.165, 1.54) is 0 Å². The van der Waals surface area contributed by atoms with Crippen LogP contribution in [0.4, 0.5) is 0 Å². The maximum atomic E-state index is 12.0. The molecule has 0 spiro atoms. The molecule has 0 fully saturated rings. The number of hydrogen-bond acceptors (Lipinski definition) is 3. The zero-order chi connectivity index (χ0) is 14.3. The van der Waals surface area contributed by atoms with Gasteiger partial charge in [0, 0.05) is 17.5 Å². The second-order valence-electron chi connectivity index (χ2n) is 5.82. The Morgan fingerprint density at radius 2 is 1.67 bits per heavy atom. The number of aliphatic imine (C=N–C) groups is 1. The van der Waals surface area contributed by atoms with Crippen LogP contribution >= 0.6 is 0 Å². The SMILES string of the molecule is CCC(N=C(C)CC(=O)C(C)(C)C)N(CC)CC. The quantitative estimate of drug-likeness (QED) is 0.651. The molecule has 0 aromatic rings. The minimum absolute atomic E-state index is 0.216. The van der Waals surface area contributed by atoms with Crippen molar-refractivity contribution in [2.24, 2.45) is 10.4 Å². The molecule has 0 saturated heterocycles. The smallest absolute Gasteiger partial charge is 0.143 e. The summed E-state index contributed by atoms with van der Waals surface area (Å²) in [5.41, 5.74) is 0.682. The third-order valence-electron chi connectivity index (χ3n) is 3.22. The molecule has 0 N–H and O–H groups in total. The molecule has 0 rings (SSSR count). The zero-order valence-corrected chi connectivity index (χ0v) is 13.2. The number of Topliss-reactive ketones (excluding diaryl/α,β-unsaturated/α-hetero) is 1. The molecular weight excluding hydrogens is 224 g/mol. The maximum Gasteiger partial charge on any atom is 0.143 e. The Morgan fingerprint density at radius 1 is 1.17 bits per heavy atom. The van der Waals surface area contributed by atoms with Crippen LogP contribution in [-0.2, 0) is 4.79 Å². The Balaban J connectivity index is 4.69. The van der Waals surface area contributed by atoms with Crippen molar-refractivity contribution >= 4 is 11.5 Å². The lowest BCUT2D eigenvalue weighted by Crippen LogP contribution is -2.34. The van der Waals surface area contributed by atoms with E-state index in [4.69, 9.17) is 4.99 Å². The van der Waals surface area contributed by atoms with Gasteiger partial charge in [-0.1, -0.05) is 41.5 Å². The molecule has 0 aliphatic carbocycles. The summed E-state index contributed by atoms with van der Waals surface area (Å²) in [6.45, 7) is 16.3. The summed E-state index contributed by atoms with van der Waals surface area (Å²) < 4.78 is 0. The molecule has 1 unspecified atom stereocenters. The van der Waals surface area contributed by atoms with Crippen molar-refractivity contribution < 1.29 is 4.79 Å². The molecule has 0 aromatic heterocycles. The highest BCUT2D eigenvalue weighted by atomic mass is 16.1. The Morgan fingerprint density at radius 3 is 2.00 bits per heavy atom. The summed E-state index contributed by atoms with van der Waals surface area (Å²) in [7, 11) is 0. The Bertz CT molecular complexity index is 285. The van der Waals surface area contributed by atoms with Gasteiger partial charge in [0.25, 0.3) is 0 Å². The molecule has 0 radical (unpaired) electrons. The van der Waals surface area contributed by atoms with E-state index in [-0.39, 0.29) is 17.4 Å². The fourth-order valence-corrected chi connectivity index (χ4v) is 1.87. The second kappa shape index (κ2) is 7.67. The van der Waals surface area contributed by atoms with Gasteiger partial charge in [-0.3, -0.25) is 14.7 Å². The van der Waals surface area contributed by atoms with Crippen molar-refractivity contribution in [3.8, 4) is 0 Å². The minimum atomic E-state index is -0.270. The summed E-state index contributed by atoms with van der Waals surface area (Å²) >= 11 is 0. The standard InChI is InChI=1S/C15H30N2O/c1-8-14(17(9-2)10-3)16-12(4)11-13(18)15(5,6)7/h14H,8-11H2,1-7H3. The van der Waals surface area contributed by atoms with Crippen LogP contribution in [0.3, 0.4) is 0 Å². The van der Waals surface area contributed by atoms with Gasteiger partial charge in [-0.05, 0) is 26.4 Å². The summed E-state index contributed by atoms with van der Waals surface area (Å²) in [4.78, 5) is 19.0. The lowest BCUT2D eigenvalue weighted by Gasteiger charge is -2.26. The van der Waals surface area contributed by atoms with E-state index >= 15 is 0 Å². The van der Waals surface area contributed by atoms with E-state index in [0.29, 0.717) is 6.42 Å². The largest absolute Gasteiger partial charge is 0.299 e. The average molecular weight is 254 g/mol. The van der Waals surface area contributed by atoms with Crippen LogP contribution < -0.4 is 0 Å². The third kappa shape index (κ3) is 5.76. The first-order chi connectivity index (χ1) is 8.26. The van der Waals surface area contributed by atoms with Crippen LogP contribution in [0, 0.1) is 5.41 Å². The Kier molecular flexibility index (Phi) is 7.37. The van der Waals surface area contributed by atoms with E-state index < -0.39 is 0 Å². The van der Waals surface area contributed by atoms with Gasteiger partial charge in [0.1, 0.15) is 11.9 Å². The van der Waals surface area contributed by atoms with E-state index in [9.17, 15) is 4.79 Å². The molecule has 3 heteroatoms. The average Bonchev–Trinajstić information content (AvgIpc) is 2.27. The highest BCUT2D eigenvalue weighted by Gasteiger charge is 2.22. The molecule has 0 saturated carbocycles. The van der Waals surface area contributed by atoms with Crippen molar-refractivity contribution in [1.82, 2.24) is 4.90 Å². The van der Waals surface area contributed by atoms with Crippen molar-refractivity contribution in [2.45, 2.75) is 67.5 Å². The number of carbonyl (C=O) groups is 1. The Labute approximate surface area is 113 Å². The highest BCUT2D eigenvalue weighted by molar-refractivity contribution is 6.02. The van der Waals surface area contributed by atoms with Crippen molar-refractivity contribution in [3.63, 3.8) is 0 Å². The molecule has 106 valence electrons. The van der Waals surface area contributed by atoms with Crippen LogP contribution in [0.2, 0.25) is 0 Å². The number of hydrogen-bond donors (Lipinski definition) is 0. The van der Waals surface area contributed by atoms with Crippen molar-refractivity contribution in [2.75, 3.05) is 13.1 Å². The van der Waals surface area contributed by atoms with E-state index in [1.807, 2.05) is 27.7 Å².